The van der Waals surface area contributed by atoms with E-state index in [2.05, 4.69) is 34.7 Å². The van der Waals surface area contributed by atoms with Crippen LogP contribution in [-0.4, -0.2) is 22.6 Å². The predicted octanol–water partition coefficient (Wildman–Crippen LogP) is 3.74. The van der Waals surface area contributed by atoms with Gasteiger partial charge >= 0.3 is 0 Å². The number of nitrogens with zero attached hydrogens (tertiary/aromatic N) is 2. The number of carboxylic acid groups (broad SMARTS) is 1. The summed E-state index contributed by atoms with van der Waals surface area (Å²) in [6.07, 6.45) is 0.832. The number of aromatic nitrogens is 1. The SMILES string of the molecule is Cc1c(C[C@H](C)N)sc2c(NCc3cccs3)cc(C#N)nc12.O=CO. The van der Waals surface area contributed by atoms with Gasteiger partial charge in [0.2, 0.25) is 0 Å². The molecule has 3 rings (SSSR count). The maximum absolute atomic E-state index is 9.26. The highest BCUT2D eigenvalue weighted by Gasteiger charge is 2.15. The molecule has 0 radical (unpaired) electrons. The lowest BCUT2D eigenvalue weighted by atomic mass is 10.1. The van der Waals surface area contributed by atoms with Crippen molar-refractivity contribution in [2.45, 2.75) is 32.9 Å². The zero-order valence-corrected chi connectivity index (χ0v) is 16.2. The third-order valence-corrected chi connectivity index (χ3v) is 5.84. The lowest BCUT2D eigenvalue weighted by Gasteiger charge is -2.06. The Labute approximate surface area is 159 Å². The van der Waals surface area contributed by atoms with Gasteiger partial charge in [-0.15, -0.1) is 22.7 Å². The van der Waals surface area contributed by atoms with E-state index in [1.54, 1.807) is 22.7 Å². The highest BCUT2D eigenvalue weighted by molar-refractivity contribution is 7.19. The molecule has 0 unspecified atom stereocenters. The van der Waals surface area contributed by atoms with Crippen molar-refractivity contribution in [3.8, 4) is 6.07 Å². The van der Waals surface area contributed by atoms with Crippen LogP contribution in [0, 0.1) is 18.3 Å². The Balaban J connectivity index is 0.000000758. The van der Waals surface area contributed by atoms with Gasteiger partial charge in [-0.2, -0.15) is 5.26 Å². The Morgan fingerprint density at radius 3 is 2.85 bits per heavy atom. The monoisotopic (exact) mass is 388 g/mol. The number of hydrogen-bond donors (Lipinski definition) is 3. The molecule has 3 heterocycles. The van der Waals surface area contributed by atoms with Gasteiger partial charge in [0.1, 0.15) is 11.8 Å². The first-order chi connectivity index (χ1) is 12.5. The van der Waals surface area contributed by atoms with Gasteiger partial charge in [-0.1, -0.05) is 6.07 Å². The summed E-state index contributed by atoms with van der Waals surface area (Å²) in [7, 11) is 0. The van der Waals surface area contributed by atoms with Gasteiger partial charge < -0.3 is 16.2 Å². The molecule has 0 amide bonds. The number of nitrogens with two attached hydrogens (primary N) is 1. The molecule has 8 heteroatoms. The fourth-order valence-electron chi connectivity index (χ4n) is 2.49. The molecule has 0 fully saturated rings. The molecule has 136 valence electrons. The van der Waals surface area contributed by atoms with Gasteiger partial charge in [0, 0.05) is 22.3 Å². The number of anilines is 1. The van der Waals surface area contributed by atoms with Crippen LogP contribution in [0.2, 0.25) is 0 Å². The summed E-state index contributed by atoms with van der Waals surface area (Å²) in [6, 6.07) is 8.25. The molecule has 0 aromatic carbocycles. The number of aryl methyl sites for hydroxylation is 1. The van der Waals surface area contributed by atoms with Crippen LogP contribution in [0.4, 0.5) is 5.69 Å². The van der Waals surface area contributed by atoms with Crippen LogP contribution in [0.15, 0.2) is 23.6 Å². The predicted molar refractivity (Wildman–Crippen MR) is 107 cm³/mol. The summed E-state index contributed by atoms with van der Waals surface area (Å²) in [5, 5.41) is 21.7. The fourth-order valence-corrected chi connectivity index (χ4v) is 4.52. The number of thiophene rings is 2. The zero-order chi connectivity index (χ0) is 19.1. The van der Waals surface area contributed by atoms with Crippen LogP contribution in [0.5, 0.6) is 0 Å². The van der Waals surface area contributed by atoms with Gasteiger partial charge in [0.05, 0.1) is 15.9 Å². The number of nitrogens with one attached hydrogen (secondary N) is 1. The number of hydrogen-bond acceptors (Lipinski definition) is 7. The largest absolute Gasteiger partial charge is 0.483 e. The second-order valence-electron chi connectivity index (χ2n) is 5.71. The summed E-state index contributed by atoms with van der Waals surface area (Å²) in [5.41, 5.74) is 9.42. The number of nitriles is 1. The minimum Gasteiger partial charge on any atom is -0.483 e. The molecule has 3 aromatic rings. The first-order valence-electron chi connectivity index (χ1n) is 7.93. The van der Waals surface area contributed by atoms with E-state index >= 15 is 0 Å². The number of rotatable bonds is 5. The Morgan fingerprint density at radius 2 is 2.27 bits per heavy atom. The second kappa shape index (κ2) is 9.29. The second-order valence-corrected chi connectivity index (χ2v) is 7.85. The highest BCUT2D eigenvalue weighted by atomic mass is 32.1. The summed E-state index contributed by atoms with van der Waals surface area (Å²) >= 11 is 3.44. The summed E-state index contributed by atoms with van der Waals surface area (Å²) in [5.74, 6) is 0. The number of pyridine rings is 1. The van der Waals surface area contributed by atoms with Gasteiger partial charge in [0.25, 0.3) is 6.47 Å². The van der Waals surface area contributed by atoms with Gasteiger partial charge in [-0.25, -0.2) is 4.98 Å². The van der Waals surface area contributed by atoms with Crippen molar-refractivity contribution in [1.29, 1.82) is 5.26 Å². The number of carbonyl (C=O) groups is 1. The van der Waals surface area contributed by atoms with Gasteiger partial charge in [0.15, 0.2) is 0 Å². The molecular weight excluding hydrogens is 368 g/mol. The molecule has 0 saturated heterocycles. The van der Waals surface area contributed by atoms with E-state index in [4.69, 9.17) is 15.6 Å². The molecule has 0 bridgehead atoms. The van der Waals surface area contributed by atoms with Crippen LogP contribution in [0.1, 0.15) is 27.9 Å². The topological polar surface area (TPSA) is 112 Å². The van der Waals surface area contributed by atoms with Crippen molar-refractivity contribution in [2.24, 2.45) is 5.73 Å². The molecule has 1 atom stereocenters. The van der Waals surface area contributed by atoms with Crippen LogP contribution in [0.25, 0.3) is 10.2 Å². The Bertz CT molecular complexity index is 912. The Morgan fingerprint density at radius 1 is 1.54 bits per heavy atom. The third-order valence-electron chi connectivity index (χ3n) is 3.63. The van der Waals surface area contributed by atoms with Crippen molar-refractivity contribution in [3.63, 3.8) is 0 Å². The molecule has 0 aliphatic rings. The van der Waals surface area contributed by atoms with E-state index in [1.807, 2.05) is 19.1 Å². The standard InChI is InChI=1S/C17H18N4S2.CH2O2/c1-10(19)6-15-11(2)16-17(23-15)14(7-12(8-18)21-16)20-9-13-4-3-5-22-13;2-1-3/h3-5,7,10H,6,9,19H2,1-2H3,(H,20,21);1H,(H,2,3)/t10-;/m0./s1. The molecule has 0 saturated carbocycles. The summed E-state index contributed by atoms with van der Waals surface area (Å²) < 4.78 is 1.11. The minimum atomic E-state index is -0.250. The van der Waals surface area contributed by atoms with E-state index in [-0.39, 0.29) is 12.5 Å². The van der Waals surface area contributed by atoms with Crippen molar-refractivity contribution >= 4 is 45.0 Å². The van der Waals surface area contributed by atoms with Crippen LogP contribution in [-0.2, 0) is 17.8 Å². The molecule has 3 aromatic heterocycles. The molecule has 0 aliphatic heterocycles. The van der Waals surface area contributed by atoms with E-state index in [9.17, 15) is 5.26 Å². The maximum Gasteiger partial charge on any atom is 0.290 e. The zero-order valence-electron chi connectivity index (χ0n) is 14.5. The van der Waals surface area contributed by atoms with Crippen molar-refractivity contribution in [3.05, 3.63) is 44.6 Å². The molecule has 26 heavy (non-hydrogen) atoms. The van der Waals surface area contributed by atoms with Crippen LogP contribution >= 0.6 is 22.7 Å². The smallest absolute Gasteiger partial charge is 0.290 e. The quantitative estimate of drug-likeness (QED) is 0.574. The Kier molecular flexibility index (Phi) is 7.09. The van der Waals surface area contributed by atoms with Gasteiger partial charge in [-0.05, 0) is 43.3 Å². The first-order valence-corrected chi connectivity index (χ1v) is 9.62. The normalized spacial score (nSPS) is 11.3. The average Bonchev–Trinajstić information content (AvgIpc) is 3.22. The van der Waals surface area contributed by atoms with Crippen LogP contribution in [0.3, 0.4) is 0 Å². The summed E-state index contributed by atoms with van der Waals surface area (Å²) in [4.78, 5) is 15.4. The Hall–Kier alpha value is -2.47. The molecule has 6 nitrogen and oxygen atoms in total. The highest BCUT2D eigenvalue weighted by Crippen LogP contribution is 2.36. The average molecular weight is 389 g/mol. The van der Waals surface area contributed by atoms with Gasteiger partial charge in [-0.3, -0.25) is 4.79 Å². The van der Waals surface area contributed by atoms with Crippen molar-refractivity contribution < 1.29 is 9.90 Å². The minimum absolute atomic E-state index is 0.111. The molecule has 0 aliphatic carbocycles. The lowest BCUT2D eigenvalue weighted by Crippen LogP contribution is -2.17. The lowest BCUT2D eigenvalue weighted by molar-refractivity contribution is -0.122. The number of fused-ring (bicyclic) bond motifs is 1. The van der Waals surface area contributed by atoms with Crippen LogP contribution < -0.4 is 11.1 Å². The maximum atomic E-state index is 9.26. The molecule has 0 spiro atoms. The van der Waals surface area contributed by atoms with E-state index in [0.717, 1.165) is 34.4 Å². The molecule has 4 N–H and O–H groups in total. The third kappa shape index (κ3) is 4.79. The van der Waals surface area contributed by atoms with Crippen molar-refractivity contribution in [2.75, 3.05) is 5.32 Å². The fraction of sp³-hybridized carbons (Fsp3) is 0.278. The van der Waals surface area contributed by atoms with E-state index < -0.39 is 0 Å². The van der Waals surface area contributed by atoms with E-state index in [0.29, 0.717) is 5.69 Å². The summed E-state index contributed by atoms with van der Waals surface area (Å²) in [6.45, 7) is 4.57. The van der Waals surface area contributed by atoms with Crippen molar-refractivity contribution in [1.82, 2.24) is 4.98 Å². The van der Waals surface area contributed by atoms with E-state index in [1.165, 1.54) is 9.75 Å². The first kappa shape index (κ1) is 19.8. The molecular formula is C18H20N4O2S2.